The smallest absolute Gasteiger partial charge is 0.142 e. The monoisotopic (exact) mass is 147 g/mol. The molecule has 1 unspecified atom stereocenters. The van der Waals surface area contributed by atoms with E-state index in [1.165, 1.54) is 0 Å². The molecule has 9 heavy (non-hydrogen) atoms. The molecule has 0 saturated heterocycles. The molecule has 0 amide bonds. The Hall–Kier alpha value is -0.200. The van der Waals surface area contributed by atoms with Crippen LogP contribution < -0.4 is 0 Å². The fourth-order valence-corrected chi connectivity index (χ4v) is 0.679. The third-order valence-corrected chi connectivity index (χ3v) is 1.27. The van der Waals surface area contributed by atoms with Gasteiger partial charge in [-0.2, -0.15) is 0 Å². The maximum absolute atomic E-state index is 10.3. The highest BCUT2D eigenvalue weighted by atomic mass is 31.1. The number of allylic oxidation sites excluding steroid dienone is 1. The lowest BCUT2D eigenvalue weighted by atomic mass is 10.4. The standard InChI is InChI=1S/C6H12O2P/c1-3-4-5-6-8-9(2)7/h4-5H,3,6H2,1-2H3/q+1. The zero-order chi connectivity index (χ0) is 7.11. The molecule has 0 spiro atoms. The van der Waals surface area contributed by atoms with Crippen LogP contribution in [0.2, 0.25) is 0 Å². The van der Waals surface area contributed by atoms with E-state index in [1.54, 1.807) is 6.66 Å². The van der Waals surface area contributed by atoms with Gasteiger partial charge in [0.15, 0.2) is 6.66 Å². The second kappa shape index (κ2) is 5.93. The summed E-state index contributed by atoms with van der Waals surface area (Å²) < 4.78 is 15.1. The van der Waals surface area contributed by atoms with Crippen molar-refractivity contribution in [3.63, 3.8) is 0 Å². The van der Waals surface area contributed by atoms with Gasteiger partial charge in [0.1, 0.15) is 6.61 Å². The molecule has 0 rings (SSSR count). The van der Waals surface area contributed by atoms with E-state index in [0.29, 0.717) is 6.61 Å². The van der Waals surface area contributed by atoms with Crippen LogP contribution in [0.25, 0.3) is 0 Å². The fraction of sp³-hybridized carbons (Fsp3) is 0.667. The van der Waals surface area contributed by atoms with Gasteiger partial charge in [0, 0.05) is 0 Å². The lowest BCUT2D eigenvalue weighted by Gasteiger charge is -1.79. The highest BCUT2D eigenvalue weighted by Crippen LogP contribution is 2.13. The Kier molecular flexibility index (Phi) is 5.80. The summed E-state index contributed by atoms with van der Waals surface area (Å²) in [4.78, 5) is 0. The summed E-state index contributed by atoms with van der Waals surface area (Å²) in [6.07, 6.45) is 4.86. The van der Waals surface area contributed by atoms with E-state index in [4.69, 9.17) is 4.52 Å². The van der Waals surface area contributed by atoms with E-state index in [-0.39, 0.29) is 0 Å². The molecule has 0 aromatic heterocycles. The van der Waals surface area contributed by atoms with Crippen molar-refractivity contribution in [3.05, 3.63) is 12.2 Å². The van der Waals surface area contributed by atoms with Gasteiger partial charge in [0.25, 0.3) is 0 Å². The highest BCUT2D eigenvalue weighted by molar-refractivity contribution is 7.38. The summed E-state index contributed by atoms with van der Waals surface area (Å²) in [6, 6.07) is 0. The minimum absolute atomic E-state index is 0.472. The minimum Gasteiger partial charge on any atom is -0.142 e. The second-order valence-electron chi connectivity index (χ2n) is 1.62. The first kappa shape index (κ1) is 8.80. The molecule has 52 valence electrons. The highest BCUT2D eigenvalue weighted by Gasteiger charge is 2.01. The maximum Gasteiger partial charge on any atom is 0.505 e. The third-order valence-electron chi connectivity index (χ3n) is 0.755. The second-order valence-corrected chi connectivity index (χ2v) is 2.75. The molecule has 0 aromatic rings. The molecule has 0 bridgehead atoms. The maximum atomic E-state index is 10.3. The number of hydrogen-bond donors (Lipinski definition) is 0. The van der Waals surface area contributed by atoms with Crippen LogP contribution in [0.1, 0.15) is 13.3 Å². The average molecular weight is 147 g/mol. The predicted molar refractivity (Wildman–Crippen MR) is 38.9 cm³/mol. The summed E-state index contributed by atoms with van der Waals surface area (Å²) in [5, 5.41) is 0. The summed E-state index contributed by atoms with van der Waals surface area (Å²) in [7, 11) is -1.42. The molecule has 2 nitrogen and oxygen atoms in total. The van der Waals surface area contributed by atoms with Crippen molar-refractivity contribution in [3.8, 4) is 0 Å². The molecular formula is C6H12O2P+. The van der Waals surface area contributed by atoms with Crippen LogP contribution in [-0.4, -0.2) is 13.3 Å². The van der Waals surface area contributed by atoms with E-state index in [9.17, 15) is 4.57 Å². The molecule has 0 fully saturated rings. The fourth-order valence-electron chi connectivity index (χ4n) is 0.383. The molecule has 0 aliphatic heterocycles. The van der Waals surface area contributed by atoms with Gasteiger partial charge in [0.2, 0.25) is 0 Å². The topological polar surface area (TPSA) is 26.3 Å². The van der Waals surface area contributed by atoms with Crippen molar-refractivity contribution in [1.29, 1.82) is 0 Å². The van der Waals surface area contributed by atoms with Gasteiger partial charge in [-0.3, -0.25) is 0 Å². The molecular weight excluding hydrogens is 135 g/mol. The molecule has 0 aliphatic rings. The zero-order valence-electron chi connectivity index (χ0n) is 5.83. The lowest BCUT2D eigenvalue weighted by Crippen LogP contribution is -1.77. The Morgan fingerprint density at radius 1 is 1.56 bits per heavy atom. The van der Waals surface area contributed by atoms with Crippen LogP contribution in [0.3, 0.4) is 0 Å². The van der Waals surface area contributed by atoms with Crippen molar-refractivity contribution in [1.82, 2.24) is 0 Å². The summed E-state index contributed by atoms with van der Waals surface area (Å²) >= 11 is 0. The Bertz CT molecular complexity index is 110. The molecule has 1 atom stereocenters. The lowest BCUT2D eigenvalue weighted by molar-refractivity contribution is 0.375. The quantitative estimate of drug-likeness (QED) is 0.450. The minimum atomic E-state index is -1.42. The van der Waals surface area contributed by atoms with Gasteiger partial charge < -0.3 is 0 Å². The first-order chi connectivity index (χ1) is 4.27. The molecule has 3 heteroatoms. The van der Waals surface area contributed by atoms with Gasteiger partial charge >= 0.3 is 8.03 Å². The SMILES string of the molecule is CCC=CCO[P+](C)=O. The zero-order valence-corrected chi connectivity index (χ0v) is 6.73. The summed E-state index contributed by atoms with van der Waals surface area (Å²) in [6.45, 7) is 4.07. The van der Waals surface area contributed by atoms with Crippen LogP contribution in [0, 0.1) is 0 Å². The van der Waals surface area contributed by atoms with Crippen LogP contribution in [0.5, 0.6) is 0 Å². The number of rotatable bonds is 4. The van der Waals surface area contributed by atoms with Crippen molar-refractivity contribution in [2.24, 2.45) is 0 Å². The Morgan fingerprint density at radius 3 is 2.67 bits per heavy atom. The summed E-state index contributed by atoms with van der Waals surface area (Å²) in [5.41, 5.74) is 0. The van der Waals surface area contributed by atoms with Crippen molar-refractivity contribution < 1.29 is 9.09 Å². The van der Waals surface area contributed by atoms with E-state index in [0.717, 1.165) is 6.42 Å². The van der Waals surface area contributed by atoms with Crippen LogP contribution in [0.4, 0.5) is 0 Å². The Labute approximate surface area is 56.8 Å². The number of hydrogen-bond acceptors (Lipinski definition) is 2. The summed E-state index contributed by atoms with van der Waals surface area (Å²) in [5.74, 6) is 0. The molecule has 0 radical (unpaired) electrons. The van der Waals surface area contributed by atoms with Gasteiger partial charge in [0.05, 0.1) is 0 Å². The van der Waals surface area contributed by atoms with Crippen molar-refractivity contribution in [2.45, 2.75) is 13.3 Å². The van der Waals surface area contributed by atoms with E-state index in [1.807, 2.05) is 19.1 Å². The van der Waals surface area contributed by atoms with Gasteiger partial charge in [-0.15, -0.1) is 4.52 Å². The first-order valence-electron chi connectivity index (χ1n) is 2.96. The third kappa shape index (κ3) is 7.80. The van der Waals surface area contributed by atoms with E-state index < -0.39 is 8.03 Å². The molecule has 0 aromatic carbocycles. The van der Waals surface area contributed by atoms with Gasteiger partial charge in [-0.25, -0.2) is 0 Å². The van der Waals surface area contributed by atoms with Crippen LogP contribution >= 0.6 is 8.03 Å². The molecule has 0 heterocycles. The average Bonchev–Trinajstić information content (AvgIpc) is 1.80. The normalized spacial score (nSPS) is 12.4. The van der Waals surface area contributed by atoms with Crippen molar-refractivity contribution in [2.75, 3.05) is 13.3 Å². The van der Waals surface area contributed by atoms with Gasteiger partial charge in [-0.05, 0) is 11.0 Å². The Morgan fingerprint density at radius 2 is 2.22 bits per heavy atom. The molecule has 0 aliphatic carbocycles. The predicted octanol–water partition coefficient (Wildman–Crippen LogP) is 2.34. The Balaban J connectivity index is 3.09. The largest absolute Gasteiger partial charge is 0.505 e. The van der Waals surface area contributed by atoms with Gasteiger partial charge in [-0.1, -0.05) is 19.1 Å². The van der Waals surface area contributed by atoms with E-state index in [2.05, 4.69) is 0 Å². The molecule has 0 N–H and O–H groups in total. The first-order valence-corrected chi connectivity index (χ1v) is 4.58. The molecule has 0 saturated carbocycles. The van der Waals surface area contributed by atoms with Crippen molar-refractivity contribution >= 4 is 8.03 Å². The van der Waals surface area contributed by atoms with Crippen LogP contribution in [0.15, 0.2) is 12.2 Å². The van der Waals surface area contributed by atoms with Crippen LogP contribution in [-0.2, 0) is 9.09 Å². The van der Waals surface area contributed by atoms with E-state index >= 15 is 0 Å².